The van der Waals surface area contributed by atoms with Gasteiger partial charge in [-0.25, -0.2) is 0 Å². The van der Waals surface area contributed by atoms with E-state index in [1.165, 1.54) is 10.8 Å². The zero-order valence-electron chi connectivity index (χ0n) is 19.1. The van der Waals surface area contributed by atoms with Gasteiger partial charge >= 0.3 is 0 Å². The monoisotopic (exact) mass is 445 g/mol. The largest absolute Gasteiger partial charge is 0.490 e. The van der Waals surface area contributed by atoms with Crippen LogP contribution in [0.1, 0.15) is 38.2 Å². The van der Waals surface area contributed by atoms with Crippen molar-refractivity contribution < 1.29 is 19.3 Å². The molecule has 3 aliphatic rings. The summed E-state index contributed by atoms with van der Waals surface area (Å²) in [6.07, 6.45) is 3.71. The molecule has 0 amide bonds. The van der Waals surface area contributed by atoms with E-state index in [0.717, 1.165) is 49.3 Å². The van der Waals surface area contributed by atoms with Crippen molar-refractivity contribution in [3.05, 3.63) is 66.2 Å². The number of ether oxygens (including phenoxy) is 3. The van der Waals surface area contributed by atoms with Crippen molar-refractivity contribution in [2.45, 2.75) is 56.4 Å². The van der Waals surface area contributed by atoms with Crippen LogP contribution >= 0.6 is 0 Å². The molecule has 5 nitrogen and oxygen atoms in total. The highest BCUT2D eigenvalue weighted by Crippen LogP contribution is 2.47. The Morgan fingerprint density at radius 1 is 1.00 bits per heavy atom. The van der Waals surface area contributed by atoms with Gasteiger partial charge in [0, 0.05) is 18.6 Å². The second-order valence-corrected chi connectivity index (χ2v) is 9.65. The molecule has 3 unspecified atom stereocenters. The minimum Gasteiger partial charge on any atom is -0.490 e. The smallest absolute Gasteiger partial charge is 0.204 e. The summed E-state index contributed by atoms with van der Waals surface area (Å²) in [6, 6.07) is 21.3. The molecule has 2 saturated heterocycles. The fourth-order valence-electron chi connectivity index (χ4n) is 6.03. The van der Waals surface area contributed by atoms with Gasteiger partial charge in [0.25, 0.3) is 0 Å². The van der Waals surface area contributed by atoms with Gasteiger partial charge in [-0.15, -0.1) is 0 Å². The fraction of sp³-hybridized carbons (Fsp3) is 0.429. The average molecular weight is 446 g/mol. The highest BCUT2D eigenvalue weighted by atomic mass is 16.6. The molecule has 172 valence electrons. The average Bonchev–Trinajstić information content (AvgIpc) is 3.08. The lowest BCUT2D eigenvalue weighted by atomic mass is 9.80. The quantitative estimate of drug-likeness (QED) is 0.606. The van der Waals surface area contributed by atoms with Crippen LogP contribution in [-0.4, -0.2) is 48.0 Å². The highest BCUT2D eigenvalue weighted by Gasteiger charge is 2.49. The zero-order chi connectivity index (χ0) is 22.4. The Morgan fingerprint density at radius 3 is 2.58 bits per heavy atom. The van der Waals surface area contributed by atoms with Gasteiger partial charge in [0.2, 0.25) is 5.75 Å². The first-order chi connectivity index (χ1) is 16.1. The molecule has 4 atom stereocenters. The van der Waals surface area contributed by atoms with Crippen LogP contribution in [-0.2, 0) is 5.60 Å². The SMILES string of the molecule is CCOc1cccc2c1OC(CN1C3CC[C@H]1CC(O)(c1ccc4ccccc4c1)C3)CO2. The van der Waals surface area contributed by atoms with E-state index in [9.17, 15) is 5.11 Å². The third-order valence-corrected chi connectivity index (χ3v) is 7.57. The van der Waals surface area contributed by atoms with Gasteiger partial charge in [0.05, 0.1) is 12.2 Å². The molecule has 2 fully saturated rings. The topological polar surface area (TPSA) is 51.2 Å². The zero-order valence-corrected chi connectivity index (χ0v) is 19.1. The number of benzene rings is 3. The molecule has 5 heteroatoms. The number of rotatable bonds is 5. The van der Waals surface area contributed by atoms with E-state index in [2.05, 4.69) is 47.4 Å². The van der Waals surface area contributed by atoms with Crippen molar-refractivity contribution in [2.24, 2.45) is 0 Å². The lowest BCUT2D eigenvalue weighted by Crippen LogP contribution is -2.53. The summed E-state index contributed by atoms with van der Waals surface area (Å²) in [5.41, 5.74) is 0.274. The Hall–Kier alpha value is -2.76. The summed E-state index contributed by atoms with van der Waals surface area (Å²) < 4.78 is 18.2. The Bertz CT molecular complexity index is 1150. The van der Waals surface area contributed by atoms with E-state index in [4.69, 9.17) is 14.2 Å². The Labute approximate surface area is 194 Å². The van der Waals surface area contributed by atoms with Gasteiger partial charge in [-0.2, -0.15) is 0 Å². The maximum absolute atomic E-state index is 11.7. The van der Waals surface area contributed by atoms with Crippen molar-refractivity contribution in [3.8, 4) is 17.2 Å². The van der Waals surface area contributed by atoms with Crippen LogP contribution in [0.25, 0.3) is 10.8 Å². The lowest BCUT2D eigenvalue weighted by molar-refractivity contribution is -0.0688. The number of nitrogens with zero attached hydrogens (tertiary/aromatic N) is 1. The number of aliphatic hydroxyl groups is 1. The summed E-state index contributed by atoms with van der Waals surface area (Å²) in [5.74, 6) is 2.21. The Kier molecular flexibility index (Phi) is 5.19. The van der Waals surface area contributed by atoms with Crippen LogP contribution in [0.3, 0.4) is 0 Å². The number of hydrogen-bond acceptors (Lipinski definition) is 5. The maximum atomic E-state index is 11.7. The molecule has 3 aliphatic heterocycles. The first-order valence-corrected chi connectivity index (χ1v) is 12.2. The van der Waals surface area contributed by atoms with Gasteiger partial charge in [0.1, 0.15) is 12.7 Å². The molecule has 0 spiro atoms. The number of piperidine rings is 1. The first kappa shape index (κ1) is 20.8. The summed E-state index contributed by atoms with van der Waals surface area (Å²) in [7, 11) is 0. The van der Waals surface area contributed by atoms with Gasteiger partial charge in [-0.1, -0.05) is 42.5 Å². The molecule has 3 heterocycles. The molecule has 1 N–H and O–H groups in total. The van der Waals surface area contributed by atoms with Crippen molar-refractivity contribution in [2.75, 3.05) is 19.8 Å². The molecule has 33 heavy (non-hydrogen) atoms. The minimum atomic E-state index is -0.773. The third-order valence-electron chi connectivity index (χ3n) is 7.57. The van der Waals surface area contributed by atoms with E-state index >= 15 is 0 Å². The van der Waals surface area contributed by atoms with Crippen molar-refractivity contribution >= 4 is 10.8 Å². The van der Waals surface area contributed by atoms with Crippen LogP contribution in [0, 0.1) is 0 Å². The summed E-state index contributed by atoms with van der Waals surface area (Å²) in [4.78, 5) is 2.55. The van der Waals surface area contributed by atoms with Crippen LogP contribution in [0.5, 0.6) is 17.2 Å². The van der Waals surface area contributed by atoms with Crippen LogP contribution in [0.2, 0.25) is 0 Å². The maximum Gasteiger partial charge on any atom is 0.204 e. The molecule has 3 aromatic rings. The molecule has 0 saturated carbocycles. The second-order valence-electron chi connectivity index (χ2n) is 9.65. The first-order valence-electron chi connectivity index (χ1n) is 12.2. The number of hydrogen-bond donors (Lipinski definition) is 1. The van der Waals surface area contributed by atoms with Gasteiger partial charge in [-0.3, -0.25) is 4.90 Å². The van der Waals surface area contributed by atoms with E-state index in [-0.39, 0.29) is 6.10 Å². The predicted molar refractivity (Wildman–Crippen MR) is 128 cm³/mol. The van der Waals surface area contributed by atoms with E-state index in [1.807, 2.05) is 25.1 Å². The fourth-order valence-corrected chi connectivity index (χ4v) is 6.03. The van der Waals surface area contributed by atoms with Gasteiger partial charge < -0.3 is 19.3 Å². The van der Waals surface area contributed by atoms with Crippen molar-refractivity contribution in [1.29, 1.82) is 0 Å². The number of para-hydroxylation sites is 1. The second kappa shape index (κ2) is 8.23. The predicted octanol–water partition coefficient (Wildman–Crippen LogP) is 4.89. The normalized spacial score (nSPS) is 28.7. The number of fused-ring (bicyclic) bond motifs is 4. The molecule has 6 rings (SSSR count). The van der Waals surface area contributed by atoms with Gasteiger partial charge in [0.15, 0.2) is 11.5 Å². The van der Waals surface area contributed by atoms with Crippen LogP contribution in [0.15, 0.2) is 60.7 Å². The summed E-state index contributed by atoms with van der Waals surface area (Å²) in [6.45, 7) is 3.91. The molecule has 0 radical (unpaired) electrons. The third kappa shape index (κ3) is 3.73. The van der Waals surface area contributed by atoms with Crippen molar-refractivity contribution in [1.82, 2.24) is 4.90 Å². The van der Waals surface area contributed by atoms with Crippen LogP contribution < -0.4 is 14.2 Å². The Morgan fingerprint density at radius 2 is 1.79 bits per heavy atom. The van der Waals surface area contributed by atoms with Crippen molar-refractivity contribution in [3.63, 3.8) is 0 Å². The van der Waals surface area contributed by atoms with E-state index < -0.39 is 5.60 Å². The molecule has 2 bridgehead atoms. The van der Waals surface area contributed by atoms with E-state index in [1.54, 1.807) is 0 Å². The standard InChI is InChI=1S/C28H31NO4/c1-2-31-25-8-5-9-26-27(25)33-24(18-32-26)17-29-22-12-13-23(29)16-28(30,15-22)21-11-10-19-6-3-4-7-20(19)14-21/h3-11,14,22-24,30H,2,12-13,15-18H2,1H3/t22-,23?,24?,28?/m0/s1. The molecule has 0 aliphatic carbocycles. The Balaban J connectivity index is 1.19. The summed E-state index contributed by atoms with van der Waals surface area (Å²) >= 11 is 0. The molecular formula is C28H31NO4. The minimum absolute atomic E-state index is 0.0472. The molecular weight excluding hydrogens is 414 g/mol. The van der Waals surface area contributed by atoms with Gasteiger partial charge in [-0.05, 0) is 67.1 Å². The van der Waals surface area contributed by atoms with Crippen LogP contribution in [0.4, 0.5) is 0 Å². The molecule has 0 aromatic heterocycles. The van der Waals surface area contributed by atoms with E-state index in [0.29, 0.717) is 31.0 Å². The highest BCUT2D eigenvalue weighted by molar-refractivity contribution is 5.83. The lowest BCUT2D eigenvalue weighted by Gasteiger charge is -2.45. The molecule has 3 aromatic carbocycles. The summed E-state index contributed by atoms with van der Waals surface area (Å²) in [5, 5.41) is 14.1.